The van der Waals surface area contributed by atoms with Crippen molar-refractivity contribution in [3.05, 3.63) is 86.9 Å². The van der Waals surface area contributed by atoms with Gasteiger partial charge in [0.15, 0.2) is 11.5 Å². The number of benzene rings is 3. The maximum atomic E-state index is 13.1. The van der Waals surface area contributed by atoms with Crippen molar-refractivity contribution < 1.29 is 13.9 Å². The molecular formula is C22H16BrFN2O3. The number of methoxy groups -OCH3 is 1. The van der Waals surface area contributed by atoms with Gasteiger partial charge >= 0.3 is 0 Å². The Morgan fingerprint density at radius 3 is 2.62 bits per heavy atom. The van der Waals surface area contributed by atoms with Gasteiger partial charge in [-0.25, -0.2) is 9.37 Å². The number of nitrogens with one attached hydrogen (secondary N) is 1. The lowest BCUT2D eigenvalue weighted by Crippen LogP contribution is -2.09. The number of halogens is 2. The number of para-hydroxylation sites is 1. The van der Waals surface area contributed by atoms with Crippen LogP contribution in [0.2, 0.25) is 0 Å². The van der Waals surface area contributed by atoms with Crippen LogP contribution >= 0.6 is 15.9 Å². The highest BCUT2D eigenvalue weighted by Gasteiger charge is 2.15. The molecule has 3 aromatic carbocycles. The molecule has 0 aliphatic carbocycles. The zero-order chi connectivity index (χ0) is 20.4. The number of hydrogen-bond donors (Lipinski definition) is 1. The van der Waals surface area contributed by atoms with E-state index in [1.54, 1.807) is 42.5 Å². The quantitative estimate of drug-likeness (QED) is 0.456. The highest BCUT2D eigenvalue weighted by molar-refractivity contribution is 9.10. The van der Waals surface area contributed by atoms with Gasteiger partial charge in [-0.2, -0.15) is 0 Å². The molecule has 146 valence electrons. The van der Waals surface area contributed by atoms with Crippen LogP contribution in [0.3, 0.4) is 0 Å². The van der Waals surface area contributed by atoms with Crippen LogP contribution in [0, 0.1) is 5.82 Å². The molecule has 1 N–H and O–H groups in total. The summed E-state index contributed by atoms with van der Waals surface area (Å²) >= 11 is 3.50. The van der Waals surface area contributed by atoms with Crippen LogP contribution in [0.4, 0.5) is 4.39 Å². The third-order valence-corrected chi connectivity index (χ3v) is 5.00. The molecule has 4 aromatic rings. The third kappa shape index (κ3) is 4.00. The Kier molecular flexibility index (Phi) is 5.31. The Bertz CT molecular complexity index is 1240. The van der Waals surface area contributed by atoms with Gasteiger partial charge in [-0.15, -0.1) is 0 Å². The van der Waals surface area contributed by atoms with Gasteiger partial charge in [0.2, 0.25) is 0 Å². The van der Waals surface area contributed by atoms with Gasteiger partial charge in [-0.05, 0) is 57.9 Å². The Balaban J connectivity index is 1.69. The second kappa shape index (κ2) is 8.05. The first-order chi connectivity index (χ1) is 14.0. The summed E-state index contributed by atoms with van der Waals surface area (Å²) in [5.74, 6) is 1.11. The maximum absolute atomic E-state index is 13.1. The summed E-state index contributed by atoms with van der Waals surface area (Å²) in [6, 6.07) is 16.8. The van der Waals surface area contributed by atoms with Gasteiger partial charge in [0.25, 0.3) is 5.56 Å². The van der Waals surface area contributed by atoms with Crippen molar-refractivity contribution >= 4 is 26.8 Å². The number of fused-ring (bicyclic) bond motifs is 1. The minimum absolute atomic E-state index is 0.211. The standard InChI is InChI=1S/C22H16BrFN2O3/c1-28-19-11-14(21-25-18-5-3-2-4-16(18)22(27)26-21)10-17(23)20(19)29-12-13-6-8-15(24)9-7-13/h2-11H,12H2,1H3,(H,25,26,27). The summed E-state index contributed by atoms with van der Waals surface area (Å²) in [7, 11) is 1.53. The van der Waals surface area contributed by atoms with E-state index in [-0.39, 0.29) is 18.0 Å². The molecule has 7 heteroatoms. The molecule has 0 aliphatic rings. The van der Waals surface area contributed by atoms with E-state index in [1.165, 1.54) is 19.2 Å². The van der Waals surface area contributed by atoms with Crippen molar-refractivity contribution in [3.8, 4) is 22.9 Å². The average molecular weight is 455 g/mol. The van der Waals surface area contributed by atoms with Gasteiger partial charge in [0.1, 0.15) is 18.2 Å². The fourth-order valence-corrected chi connectivity index (χ4v) is 3.51. The first kappa shape index (κ1) is 19.1. The largest absolute Gasteiger partial charge is 0.493 e. The van der Waals surface area contributed by atoms with Gasteiger partial charge in [0, 0.05) is 5.56 Å². The minimum Gasteiger partial charge on any atom is -0.493 e. The normalized spacial score (nSPS) is 10.9. The minimum atomic E-state index is -0.297. The van der Waals surface area contributed by atoms with E-state index in [1.807, 2.05) is 6.07 Å². The monoisotopic (exact) mass is 454 g/mol. The molecule has 0 bridgehead atoms. The highest BCUT2D eigenvalue weighted by atomic mass is 79.9. The number of aromatic amines is 1. The van der Waals surface area contributed by atoms with Crippen LogP contribution in [0.15, 0.2) is 69.9 Å². The van der Waals surface area contributed by atoms with E-state index in [0.29, 0.717) is 38.3 Å². The second-order valence-electron chi connectivity index (χ2n) is 6.34. The molecule has 1 heterocycles. The third-order valence-electron chi connectivity index (χ3n) is 4.41. The van der Waals surface area contributed by atoms with Gasteiger partial charge in [0.05, 0.1) is 22.5 Å². The number of ether oxygens (including phenoxy) is 2. The molecule has 0 amide bonds. The fraction of sp³-hybridized carbons (Fsp3) is 0.0909. The maximum Gasteiger partial charge on any atom is 0.259 e. The zero-order valence-corrected chi connectivity index (χ0v) is 17.0. The molecule has 0 atom stereocenters. The van der Waals surface area contributed by atoms with Crippen LogP contribution < -0.4 is 15.0 Å². The number of aromatic nitrogens is 2. The number of H-pyrrole nitrogens is 1. The summed E-state index contributed by atoms with van der Waals surface area (Å²) in [5.41, 5.74) is 1.89. The fourth-order valence-electron chi connectivity index (χ4n) is 2.96. The summed E-state index contributed by atoms with van der Waals surface area (Å²) in [6.07, 6.45) is 0. The molecule has 0 saturated carbocycles. The molecule has 0 radical (unpaired) electrons. The van der Waals surface area contributed by atoms with Crippen LogP contribution in [-0.2, 0) is 6.61 Å². The van der Waals surface area contributed by atoms with Crippen molar-refractivity contribution in [2.24, 2.45) is 0 Å². The lowest BCUT2D eigenvalue weighted by molar-refractivity contribution is 0.282. The van der Waals surface area contributed by atoms with Crippen molar-refractivity contribution in [2.75, 3.05) is 7.11 Å². The predicted octanol–water partition coefficient (Wildman–Crippen LogP) is 5.08. The van der Waals surface area contributed by atoms with Gasteiger partial charge in [-0.3, -0.25) is 4.79 Å². The number of nitrogens with zero attached hydrogens (tertiary/aromatic N) is 1. The SMILES string of the molecule is COc1cc(-c2nc3ccccc3c(=O)[nH]2)cc(Br)c1OCc1ccc(F)cc1. The average Bonchev–Trinajstić information content (AvgIpc) is 2.73. The van der Waals surface area contributed by atoms with E-state index in [0.717, 1.165) is 5.56 Å². The topological polar surface area (TPSA) is 64.2 Å². The molecule has 0 fully saturated rings. The van der Waals surface area contributed by atoms with Crippen molar-refractivity contribution in [1.29, 1.82) is 0 Å². The molecule has 0 spiro atoms. The first-order valence-corrected chi connectivity index (χ1v) is 9.58. The molecule has 29 heavy (non-hydrogen) atoms. The molecule has 0 saturated heterocycles. The lowest BCUT2D eigenvalue weighted by Gasteiger charge is -2.14. The zero-order valence-electron chi connectivity index (χ0n) is 15.4. The van der Waals surface area contributed by atoms with Crippen molar-refractivity contribution in [3.63, 3.8) is 0 Å². The van der Waals surface area contributed by atoms with E-state index < -0.39 is 0 Å². The summed E-state index contributed by atoms with van der Waals surface area (Å²) in [6.45, 7) is 0.250. The smallest absolute Gasteiger partial charge is 0.259 e. The Morgan fingerprint density at radius 1 is 1.10 bits per heavy atom. The molecule has 4 rings (SSSR count). The van der Waals surface area contributed by atoms with E-state index in [2.05, 4.69) is 25.9 Å². The van der Waals surface area contributed by atoms with E-state index >= 15 is 0 Å². The highest BCUT2D eigenvalue weighted by Crippen LogP contribution is 2.39. The number of hydrogen-bond acceptors (Lipinski definition) is 4. The van der Waals surface area contributed by atoms with Crippen LogP contribution in [0.25, 0.3) is 22.3 Å². The second-order valence-corrected chi connectivity index (χ2v) is 7.19. The Morgan fingerprint density at radius 2 is 1.86 bits per heavy atom. The number of rotatable bonds is 5. The Labute approximate surface area is 174 Å². The van der Waals surface area contributed by atoms with Crippen molar-refractivity contribution in [1.82, 2.24) is 9.97 Å². The molecule has 1 aromatic heterocycles. The van der Waals surface area contributed by atoms with Crippen molar-refractivity contribution in [2.45, 2.75) is 6.61 Å². The predicted molar refractivity (Wildman–Crippen MR) is 113 cm³/mol. The summed E-state index contributed by atoms with van der Waals surface area (Å²) < 4.78 is 25.1. The van der Waals surface area contributed by atoms with Crippen LogP contribution in [0.5, 0.6) is 11.5 Å². The molecule has 5 nitrogen and oxygen atoms in total. The molecule has 0 unspecified atom stereocenters. The lowest BCUT2D eigenvalue weighted by atomic mass is 10.1. The van der Waals surface area contributed by atoms with E-state index in [9.17, 15) is 9.18 Å². The molecular weight excluding hydrogens is 439 g/mol. The molecule has 0 aliphatic heterocycles. The van der Waals surface area contributed by atoms with Gasteiger partial charge < -0.3 is 14.5 Å². The summed E-state index contributed by atoms with van der Waals surface area (Å²) in [4.78, 5) is 19.7. The Hall–Kier alpha value is -3.19. The van der Waals surface area contributed by atoms with Crippen LogP contribution in [-0.4, -0.2) is 17.1 Å². The first-order valence-electron chi connectivity index (χ1n) is 8.79. The van der Waals surface area contributed by atoms with Gasteiger partial charge in [-0.1, -0.05) is 24.3 Å². The van der Waals surface area contributed by atoms with E-state index in [4.69, 9.17) is 9.47 Å². The summed E-state index contributed by atoms with van der Waals surface area (Å²) in [5, 5.41) is 0.529. The van der Waals surface area contributed by atoms with Crippen LogP contribution in [0.1, 0.15) is 5.56 Å².